The number of aryl methyl sites for hydroxylation is 1. The zero-order valence-electron chi connectivity index (χ0n) is 12.7. The molecule has 0 aliphatic rings. The molecular weight excluding hydrogens is 300 g/mol. The third-order valence-corrected chi connectivity index (χ3v) is 3.55. The Morgan fingerprint density at radius 1 is 1.14 bits per heavy atom. The Balaban J connectivity index is 1.88. The number of benzene rings is 2. The van der Waals surface area contributed by atoms with Crippen LogP contribution in [-0.4, -0.2) is 19.6 Å². The Hall–Kier alpha value is -2.20. The molecule has 1 amide bonds. The maximum atomic E-state index is 11.9. The monoisotopic (exact) mass is 318 g/mol. The van der Waals surface area contributed by atoms with Crippen LogP contribution in [0.5, 0.6) is 5.75 Å². The molecule has 2 N–H and O–H groups in total. The normalized spacial score (nSPS) is 10.1. The van der Waals surface area contributed by atoms with Gasteiger partial charge < -0.3 is 15.4 Å². The maximum Gasteiger partial charge on any atom is 0.243 e. The molecule has 0 aliphatic carbocycles. The molecule has 0 aliphatic heterocycles. The Labute approximate surface area is 135 Å². The first-order valence-corrected chi connectivity index (χ1v) is 7.46. The average molecular weight is 319 g/mol. The van der Waals surface area contributed by atoms with E-state index in [1.165, 1.54) is 5.56 Å². The largest absolute Gasteiger partial charge is 0.495 e. The molecule has 0 saturated carbocycles. The minimum absolute atomic E-state index is 0.138. The van der Waals surface area contributed by atoms with Crippen molar-refractivity contribution in [2.75, 3.05) is 24.3 Å². The second-order valence-corrected chi connectivity index (χ2v) is 5.21. The molecule has 2 aromatic rings. The molecule has 0 aromatic heterocycles. The fourth-order valence-electron chi connectivity index (χ4n) is 1.99. The van der Waals surface area contributed by atoms with Crippen LogP contribution in [-0.2, 0) is 11.2 Å². The summed E-state index contributed by atoms with van der Waals surface area (Å²) in [4.78, 5) is 11.9. The van der Waals surface area contributed by atoms with E-state index in [2.05, 4.69) is 17.6 Å². The molecule has 4 nitrogen and oxygen atoms in total. The fraction of sp³-hybridized carbons (Fsp3) is 0.235. The van der Waals surface area contributed by atoms with Crippen LogP contribution in [0.2, 0.25) is 5.02 Å². The van der Waals surface area contributed by atoms with Crippen LogP contribution in [0.4, 0.5) is 11.4 Å². The molecule has 22 heavy (non-hydrogen) atoms. The maximum absolute atomic E-state index is 11.9. The number of ether oxygens (including phenoxy) is 1. The van der Waals surface area contributed by atoms with Gasteiger partial charge in [-0.15, -0.1) is 0 Å². The molecule has 2 aromatic carbocycles. The summed E-state index contributed by atoms with van der Waals surface area (Å²) in [5.74, 6) is 0.439. The van der Waals surface area contributed by atoms with Crippen LogP contribution in [0.3, 0.4) is 0 Å². The SMILES string of the molecule is CCc1ccc(NCC(=O)Nc2ccc(OC)c(Cl)c2)cc1. The molecule has 116 valence electrons. The van der Waals surface area contributed by atoms with Gasteiger partial charge in [-0.2, -0.15) is 0 Å². The smallest absolute Gasteiger partial charge is 0.243 e. The zero-order valence-corrected chi connectivity index (χ0v) is 13.4. The number of carbonyl (C=O) groups excluding carboxylic acids is 1. The van der Waals surface area contributed by atoms with Crippen LogP contribution < -0.4 is 15.4 Å². The number of hydrogen-bond acceptors (Lipinski definition) is 3. The van der Waals surface area contributed by atoms with Crippen molar-refractivity contribution in [3.63, 3.8) is 0 Å². The number of carbonyl (C=O) groups is 1. The van der Waals surface area contributed by atoms with Crippen molar-refractivity contribution in [2.45, 2.75) is 13.3 Å². The van der Waals surface area contributed by atoms with E-state index >= 15 is 0 Å². The Morgan fingerprint density at radius 2 is 1.82 bits per heavy atom. The number of hydrogen-bond donors (Lipinski definition) is 2. The second-order valence-electron chi connectivity index (χ2n) is 4.80. The van der Waals surface area contributed by atoms with E-state index in [1.807, 2.05) is 24.3 Å². The van der Waals surface area contributed by atoms with E-state index in [9.17, 15) is 4.79 Å². The predicted molar refractivity (Wildman–Crippen MR) is 90.9 cm³/mol. The molecule has 0 spiro atoms. The zero-order chi connectivity index (χ0) is 15.9. The van der Waals surface area contributed by atoms with Crippen LogP contribution in [0.15, 0.2) is 42.5 Å². The van der Waals surface area contributed by atoms with Gasteiger partial charge in [0.25, 0.3) is 0 Å². The lowest BCUT2D eigenvalue weighted by atomic mass is 10.1. The van der Waals surface area contributed by atoms with Gasteiger partial charge in [-0.05, 0) is 42.3 Å². The number of amides is 1. The predicted octanol–water partition coefficient (Wildman–Crippen LogP) is 3.96. The molecule has 0 heterocycles. The van der Waals surface area contributed by atoms with Gasteiger partial charge in [-0.25, -0.2) is 0 Å². The molecule has 0 bridgehead atoms. The quantitative estimate of drug-likeness (QED) is 0.847. The molecule has 5 heteroatoms. The van der Waals surface area contributed by atoms with Gasteiger partial charge in [0.05, 0.1) is 18.7 Å². The van der Waals surface area contributed by atoms with E-state index in [1.54, 1.807) is 25.3 Å². The number of rotatable bonds is 6. The highest BCUT2D eigenvalue weighted by Gasteiger charge is 2.05. The number of methoxy groups -OCH3 is 1. The van der Waals surface area contributed by atoms with Crippen molar-refractivity contribution in [1.82, 2.24) is 0 Å². The highest BCUT2D eigenvalue weighted by Crippen LogP contribution is 2.27. The Kier molecular flexibility index (Phi) is 5.67. The van der Waals surface area contributed by atoms with E-state index in [0.717, 1.165) is 12.1 Å². The van der Waals surface area contributed by atoms with Crippen molar-refractivity contribution in [3.05, 3.63) is 53.1 Å². The highest BCUT2D eigenvalue weighted by molar-refractivity contribution is 6.32. The van der Waals surface area contributed by atoms with Gasteiger partial charge in [0.15, 0.2) is 0 Å². The number of anilines is 2. The van der Waals surface area contributed by atoms with Gasteiger partial charge in [-0.1, -0.05) is 30.7 Å². The minimum atomic E-state index is -0.138. The van der Waals surface area contributed by atoms with Gasteiger partial charge in [0.1, 0.15) is 5.75 Å². The average Bonchev–Trinajstić information content (AvgIpc) is 2.53. The first-order valence-electron chi connectivity index (χ1n) is 7.08. The number of halogens is 1. The third-order valence-electron chi connectivity index (χ3n) is 3.25. The molecule has 0 radical (unpaired) electrons. The van der Waals surface area contributed by atoms with Crippen molar-refractivity contribution < 1.29 is 9.53 Å². The summed E-state index contributed by atoms with van der Waals surface area (Å²) >= 11 is 6.02. The molecule has 0 fully saturated rings. The summed E-state index contributed by atoms with van der Waals surface area (Å²) < 4.78 is 5.07. The first-order chi connectivity index (χ1) is 10.6. The van der Waals surface area contributed by atoms with Gasteiger partial charge in [0, 0.05) is 11.4 Å². The second kappa shape index (κ2) is 7.71. The summed E-state index contributed by atoms with van der Waals surface area (Å²) in [5, 5.41) is 6.33. The summed E-state index contributed by atoms with van der Waals surface area (Å²) in [6.45, 7) is 2.30. The van der Waals surface area contributed by atoms with Crippen molar-refractivity contribution in [1.29, 1.82) is 0 Å². The van der Waals surface area contributed by atoms with Crippen LogP contribution in [0.1, 0.15) is 12.5 Å². The van der Waals surface area contributed by atoms with Crippen LogP contribution >= 0.6 is 11.6 Å². The lowest BCUT2D eigenvalue weighted by molar-refractivity contribution is -0.114. The van der Waals surface area contributed by atoms with E-state index in [4.69, 9.17) is 16.3 Å². The van der Waals surface area contributed by atoms with Crippen LogP contribution in [0, 0.1) is 0 Å². The standard InChI is InChI=1S/C17H19ClN2O2/c1-3-12-4-6-13(7-5-12)19-11-17(21)20-14-8-9-16(22-2)15(18)10-14/h4-10,19H,3,11H2,1-2H3,(H,20,21). The van der Waals surface area contributed by atoms with Crippen molar-refractivity contribution in [2.24, 2.45) is 0 Å². The first kappa shape index (κ1) is 16.2. The molecule has 0 unspecified atom stereocenters. The summed E-state index contributed by atoms with van der Waals surface area (Å²) in [6, 6.07) is 13.2. The van der Waals surface area contributed by atoms with Crippen molar-refractivity contribution >= 4 is 28.9 Å². The van der Waals surface area contributed by atoms with Gasteiger partial charge >= 0.3 is 0 Å². The van der Waals surface area contributed by atoms with Gasteiger partial charge in [-0.3, -0.25) is 4.79 Å². The Morgan fingerprint density at radius 3 is 2.41 bits per heavy atom. The molecule has 0 saturated heterocycles. The molecular formula is C17H19ClN2O2. The summed E-state index contributed by atoms with van der Waals surface area (Å²) in [7, 11) is 1.55. The van der Waals surface area contributed by atoms with Crippen LogP contribution in [0.25, 0.3) is 0 Å². The number of nitrogens with one attached hydrogen (secondary N) is 2. The minimum Gasteiger partial charge on any atom is -0.495 e. The third kappa shape index (κ3) is 4.40. The summed E-state index contributed by atoms with van der Waals surface area (Å²) in [6.07, 6.45) is 0.999. The topological polar surface area (TPSA) is 50.4 Å². The van der Waals surface area contributed by atoms with E-state index in [-0.39, 0.29) is 12.5 Å². The fourth-order valence-corrected chi connectivity index (χ4v) is 2.25. The molecule has 0 atom stereocenters. The lowest BCUT2D eigenvalue weighted by Gasteiger charge is -2.10. The highest BCUT2D eigenvalue weighted by atomic mass is 35.5. The summed E-state index contributed by atoms with van der Waals surface area (Å²) in [5.41, 5.74) is 2.82. The van der Waals surface area contributed by atoms with Gasteiger partial charge in [0.2, 0.25) is 5.91 Å². The lowest BCUT2D eigenvalue weighted by Crippen LogP contribution is -2.21. The van der Waals surface area contributed by atoms with Crippen molar-refractivity contribution in [3.8, 4) is 5.75 Å². The molecule has 2 rings (SSSR count). The Bertz CT molecular complexity index is 642. The van der Waals surface area contributed by atoms with E-state index < -0.39 is 0 Å². The van der Waals surface area contributed by atoms with E-state index in [0.29, 0.717) is 16.5 Å².